The summed E-state index contributed by atoms with van der Waals surface area (Å²) in [6, 6.07) is 5.85. The fourth-order valence-corrected chi connectivity index (χ4v) is 2.63. The van der Waals surface area contributed by atoms with Crippen molar-refractivity contribution in [2.75, 3.05) is 16.8 Å². The minimum Gasteiger partial charge on any atom is -0.452 e. The number of hydrogen-bond acceptors (Lipinski definition) is 6. The van der Waals surface area contributed by atoms with Crippen LogP contribution in [0.25, 0.3) is 0 Å². The van der Waals surface area contributed by atoms with Crippen LogP contribution in [-0.4, -0.2) is 41.4 Å². The smallest absolute Gasteiger partial charge is 0.316 e. The molecule has 9 nitrogen and oxygen atoms in total. The van der Waals surface area contributed by atoms with Gasteiger partial charge < -0.3 is 10.1 Å². The van der Waals surface area contributed by atoms with E-state index >= 15 is 0 Å². The van der Waals surface area contributed by atoms with E-state index in [0.717, 1.165) is 0 Å². The monoisotopic (exact) mass is 333 g/mol. The Morgan fingerprint density at radius 3 is 2.79 bits per heavy atom. The molecule has 1 saturated carbocycles. The number of nitrogens with one attached hydrogen (secondary N) is 1. The predicted octanol–water partition coefficient (Wildman–Crippen LogP) is 0.569. The Labute approximate surface area is 136 Å². The van der Waals surface area contributed by atoms with Crippen LogP contribution < -0.4 is 10.2 Å². The molecule has 2 aliphatic rings. The number of nitrogens with zero attached hydrogens (tertiary/aromatic N) is 2. The normalized spacial score (nSPS) is 22.9. The molecule has 1 heterocycles. The summed E-state index contributed by atoms with van der Waals surface area (Å²) in [5, 5.41) is 13.3. The van der Waals surface area contributed by atoms with Gasteiger partial charge in [-0.15, -0.1) is 0 Å². The summed E-state index contributed by atoms with van der Waals surface area (Å²) >= 11 is 0. The quantitative estimate of drug-likeness (QED) is 0.489. The van der Waals surface area contributed by atoms with Gasteiger partial charge in [-0.1, -0.05) is 12.1 Å². The number of ether oxygens (including phenoxy) is 1. The van der Waals surface area contributed by atoms with E-state index in [9.17, 15) is 24.5 Å². The first-order valence-corrected chi connectivity index (χ1v) is 7.42. The third-order valence-corrected chi connectivity index (χ3v) is 4.01. The molecular formula is C15H15N3O6. The second-order valence-corrected chi connectivity index (χ2v) is 5.76. The molecule has 0 aromatic heterocycles. The van der Waals surface area contributed by atoms with E-state index in [0.29, 0.717) is 11.4 Å². The van der Waals surface area contributed by atoms with Gasteiger partial charge >= 0.3 is 5.97 Å². The third-order valence-electron chi connectivity index (χ3n) is 4.01. The molecule has 0 radical (unpaired) electrons. The number of carbonyl (C=O) groups is 3. The van der Waals surface area contributed by atoms with Gasteiger partial charge in [0.15, 0.2) is 6.10 Å². The van der Waals surface area contributed by atoms with Crippen molar-refractivity contribution in [2.45, 2.75) is 25.5 Å². The van der Waals surface area contributed by atoms with Gasteiger partial charge in [0.25, 0.3) is 5.91 Å². The lowest BCUT2D eigenvalue weighted by molar-refractivity contribution is -0.497. The number of hydrogen-bond donors (Lipinski definition) is 1. The molecule has 1 fully saturated rings. The molecule has 1 aliphatic heterocycles. The van der Waals surface area contributed by atoms with Crippen LogP contribution in [0.1, 0.15) is 13.3 Å². The van der Waals surface area contributed by atoms with Crippen LogP contribution in [0.5, 0.6) is 0 Å². The van der Waals surface area contributed by atoms with E-state index in [1.165, 1.54) is 11.8 Å². The van der Waals surface area contributed by atoms with Gasteiger partial charge in [0.2, 0.25) is 11.9 Å². The van der Waals surface area contributed by atoms with Crippen LogP contribution in [0.3, 0.4) is 0 Å². The van der Waals surface area contributed by atoms with Crippen molar-refractivity contribution >= 4 is 29.2 Å². The highest BCUT2D eigenvalue weighted by Gasteiger charge is 2.55. The lowest BCUT2D eigenvalue weighted by atomic mass is 10.1. The number of amides is 2. The predicted molar refractivity (Wildman–Crippen MR) is 81.9 cm³/mol. The molecule has 0 unspecified atom stereocenters. The fraction of sp³-hybridized carbons (Fsp3) is 0.400. The maximum Gasteiger partial charge on any atom is 0.316 e. The van der Waals surface area contributed by atoms with E-state index < -0.39 is 34.9 Å². The summed E-state index contributed by atoms with van der Waals surface area (Å²) in [5.74, 6) is -2.46. The summed E-state index contributed by atoms with van der Waals surface area (Å²) in [6.45, 7) is 1.21. The average molecular weight is 333 g/mol. The second-order valence-electron chi connectivity index (χ2n) is 5.76. The number of benzene rings is 1. The highest BCUT2D eigenvalue weighted by Crippen LogP contribution is 2.35. The highest BCUT2D eigenvalue weighted by atomic mass is 16.6. The molecule has 126 valence electrons. The first kappa shape index (κ1) is 15.9. The van der Waals surface area contributed by atoms with Crippen LogP contribution >= 0.6 is 0 Å². The number of rotatable bonds is 4. The van der Waals surface area contributed by atoms with Crippen LogP contribution in [0.4, 0.5) is 11.4 Å². The molecule has 2 amide bonds. The molecule has 3 atom stereocenters. The SMILES string of the molecule is C[C@H](OC(=O)[C@@H]1C[C@H]1[N+](=O)[O-])C(=O)N1CC(=O)Nc2ccccc21. The van der Waals surface area contributed by atoms with Crippen molar-refractivity contribution in [1.82, 2.24) is 0 Å². The van der Waals surface area contributed by atoms with Crippen LogP contribution in [0.15, 0.2) is 24.3 Å². The van der Waals surface area contributed by atoms with Gasteiger partial charge in [0.05, 0.1) is 11.4 Å². The molecule has 0 spiro atoms. The van der Waals surface area contributed by atoms with Gasteiger partial charge in [-0.05, 0) is 19.1 Å². The van der Waals surface area contributed by atoms with Crippen LogP contribution in [-0.2, 0) is 19.1 Å². The van der Waals surface area contributed by atoms with Crippen molar-refractivity contribution in [3.63, 3.8) is 0 Å². The topological polar surface area (TPSA) is 119 Å². The van der Waals surface area contributed by atoms with Crippen molar-refractivity contribution in [1.29, 1.82) is 0 Å². The van der Waals surface area contributed by atoms with Crippen molar-refractivity contribution < 1.29 is 24.0 Å². The number of fused-ring (bicyclic) bond motifs is 1. The Kier molecular flexibility index (Phi) is 3.92. The van der Waals surface area contributed by atoms with Gasteiger partial charge in [0.1, 0.15) is 12.5 Å². The van der Waals surface area contributed by atoms with E-state index in [-0.39, 0.29) is 18.9 Å². The van der Waals surface area contributed by atoms with Crippen LogP contribution in [0.2, 0.25) is 0 Å². The molecule has 1 aliphatic carbocycles. The van der Waals surface area contributed by atoms with E-state index in [1.54, 1.807) is 24.3 Å². The van der Waals surface area contributed by atoms with E-state index in [1.807, 2.05) is 0 Å². The molecule has 1 N–H and O–H groups in total. The molecule has 0 saturated heterocycles. The Hall–Kier alpha value is -2.97. The number of para-hydroxylation sites is 2. The summed E-state index contributed by atoms with van der Waals surface area (Å²) < 4.78 is 5.05. The second kappa shape index (κ2) is 5.91. The lowest BCUT2D eigenvalue weighted by Crippen LogP contribution is -2.47. The summed E-state index contributed by atoms with van der Waals surface area (Å²) in [6.07, 6.45) is -1.01. The van der Waals surface area contributed by atoms with Crippen molar-refractivity contribution in [3.05, 3.63) is 34.4 Å². The highest BCUT2D eigenvalue weighted by molar-refractivity contribution is 6.11. The molecule has 3 rings (SSSR count). The number of nitro groups is 1. The largest absolute Gasteiger partial charge is 0.452 e. The molecule has 1 aromatic carbocycles. The first-order chi connectivity index (χ1) is 11.4. The van der Waals surface area contributed by atoms with Crippen molar-refractivity contribution in [3.8, 4) is 0 Å². The maximum absolute atomic E-state index is 12.5. The lowest BCUT2D eigenvalue weighted by Gasteiger charge is -2.30. The van der Waals surface area contributed by atoms with E-state index in [4.69, 9.17) is 4.74 Å². The molecule has 24 heavy (non-hydrogen) atoms. The minimum atomic E-state index is -1.13. The zero-order chi connectivity index (χ0) is 17.4. The number of carbonyl (C=O) groups excluding carboxylic acids is 3. The zero-order valence-corrected chi connectivity index (χ0v) is 12.8. The number of anilines is 2. The molecular weight excluding hydrogens is 318 g/mol. The zero-order valence-electron chi connectivity index (χ0n) is 12.8. The number of esters is 1. The summed E-state index contributed by atoms with van der Waals surface area (Å²) in [4.78, 5) is 47.4. The first-order valence-electron chi connectivity index (χ1n) is 7.42. The summed E-state index contributed by atoms with van der Waals surface area (Å²) in [5.41, 5.74) is 1.01. The van der Waals surface area contributed by atoms with Gasteiger partial charge in [-0.3, -0.25) is 29.4 Å². The van der Waals surface area contributed by atoms with Gasteiger partial charge in [0, 0.05) is 11.3 Å². The molecule has 0 bridgehead atoms. The van der Waals surface area contributed by atoms with Crippen molar-refractivity contribution in [2.24, 2.45) is 5.92 Å². The molecule has 1 aromatic rings. The average Bonchev–Trinajstić information content (AvgIpc) is 3.34. The summed E-state index contributed by atoms with van der Waals surface area (Å²) in [7, 11) is 0. The Morgan fingerprint density at radius 2 is 2.12 bits per heavy atom. The van der Waals surface area contributed by atoms with Gasteiger partial charge in [-0.2, -0.15) is 0 Å². The standard InChI is InChI=1S/C15H15N3O6/c1-8(24-15(21)9-6-12(9)18(22)23)14(20)17-7-13(19)16-10-4-2-3-5-11(10)17/h2-5,8-9,12H,6-7H2,1H3,(H,16,19)/t8-,9+,12+/m0/s1. The minimum absolute atomic E-state index is 0.127. The molecule has 9 heteroatoms. The Morgan fingerprint density at radius 1 is 1.42 bits per heavy atom. The Balaban J connectivity index is 1.69. The Bertz CT molecular complexity index is 734. The van der Waals surface area contributed by atoms with E-state index in [2.05, 4.69) is 5.32 Å². The van der Waals surface area contributed by atoms with Gasteiger partial charge in [-0.25, -0.2) is 0 Å². The van der Waals surface area contributed by atoms with Crippen LogP contribution in [0, 0.1) is 16.0 Å². The fourth-order valence-electron chi connectivity index (χ4n) is 2.63. The third kappa shape index (κ3) is 2.92. The maximum atomic E-state index is 12.5.